The molecular weight excluding hydrogens is 544 g/mol. The molecule has 256 valence electrons. The zero-order valence-electron chi connectivity index (χ0n) is 23.8. The largest absolute Gasteiger partial charge is 0.461 e. The van der Waals surface area contributed by atoms with Gasteiger partial charge in [-0.05, 0) is 116 Å². The van der Waals surface area contributed by atoms with Crippen molar-refractivity contribution in [1.82, 2.24) is 0 Å². The van der Waals surface area contributed by atoms with E-state index in [1.807, 2.05) is 34.6 Å². The molecule has 7 nitrogen and oxygen atoms in total. The van der Waals surface area contributed by atoms with Crippen LogP contribution >= 0.6 is 0 Å². The summed E-state index contributed by atoms with van der Waals surface area (Å²) in [6.45, 7) is 12.9. The fourth-order valence-electron chi connectivity index (χ4n) is 7.84. The summed E-state index contributed by atoms with van der Waals surface area (Å²) in [5, 5.41) is 0. The molecule has 3 unspecified atom stereocenters. The van der Waals surface area contributed by atoms with E-state index >= 15 is 0 Å². The van der Waals surface area contributed by atoms with Crippen molar-refractivity contribution in [3.8, 4) is 0 Å². The summed E-state index contributed by atoms with van der Waals surface area (Å²) >= 11 is 0. The van der Waals surface area contributed by atoms with Crippen molar-refractivity contribution in [2.75, 3.05) is 0 Å². The Bertz CT molecular complexity index is 927. The number of cyclic esters (lactones) is 2. The quantitative estimate of drug-likeness (QED) is 0.137. The molecule has 3 atom stereocenters. The van der Waals surface area contributed by atoms with Crippen molar-refractivity contribution in [1.29, 1.82) is 0 Å². The maximum atomic E-state index is 13.8. The summed E-state index contributed by atoms with van der Waals surface area (Å²) in [4.78, 5) is 52.2. The highest BCUT2D eigenvalue weighted by molar-refractivity contribution is 5.97. The Morgan fingerprint density at radius 2 is 1.28 bits per heavy atom. The lowest BCUT2D eigenvalue weighted by molar-refractivity contribution is -0.187. The topological polar surface area (TPSA) is 96.0 Å². The van der Waals surface area contributed by atoms with Crippen molar-refractivity contribution < 1.29 is 33.4 Å². The van der Waals surface area contributed by atoms with Crippen LogP contribution in [-0.2, 0) is 33.4 Å². The maximum Gasteiger partial charge on any atom is 0.320 e. The molecule has 0 radical (unpaired) electrons. The molecule has 0 N–H and O–H groups in total. The fraction of sp³-hybridized carbons (Fsp3) is 0.889. The van der Waals surface area contributed by atoms with Crippen LogP contribution in [0, 0.1) is 39.9 Å². The van der Waals surface area contributed by atoms with Gasteiger partial charge in [0.25, 0.3) is 0 Å². The molecule has 4 bridgehead atoms. The van der Waals surface area contributed by atoms with Crippen molar-refractivity contribution >= 4 is 23.9 Å². The maximum absolute atomic E-state index is 13.8. The standard InChI is InChI=1S/C30H46O7.6CH4/c1-8-27(3,4)37-26(34)30(7,17-29(6)15-22(31)35-25(29)33)16-28(5,9-2)24(32)36-23-20-11-18-10-19(13-20)14-21(23)12-18;;;;;;/h18-21,23H,8-17H2,1-7H3;6*1H4. The van der Waals surface area contributed by atoms with Crippen LogP contribution in [0.3, 0.4) is 0 Å². The summed E-state index contributed by atoms with van der Waals surface area (Å²) in [5.74, 6) is 0.514. The molecule has 4 aliphatic carbocycles. The van der Waals surface area contributed by atoms with Gasteiger partial charge in [-0.25, -0.2) is 0 Å². The Hall–Kier alpha value is -1.92. The van der Waals surface area contributed by atoms with Crippen molar-refractivity contribution in [3.63, 3.8) is 0 Å². The molecule has 43 heavy (non-hydrogen) atoms. The third-order valence-electron chi connectivity index (χ3n) is 10.2. The first kappa shape index (κ1) is 45.5. The number of carbonyl (C=O) groups is 4. The van der Waals surface area contributed by atoms with Crippen molar-refractivity contribution in [2.45, 2.75) is 169 Å². The van der Waals surface area contributed by atoms with Gasteiger partial charge in [-0.1, -0.05) is 58.4 Å². The van der Waals surface area contributed by atoms with Crippen molar-refractivity contribution in [3.05, 3.63) is 0 Å². The number of carbonyl (C=O) groups excluding carboxylic acids is 4. The molecule has 1 saturated heterocycles. The van der Waals surface area contributed by atoms with Gasteiger partial charge in [-0.2, -0.15) is 0 Å². The second-order valence-corrected chi connectivity index (χ2v) is 14.1. The number of rotatable bonds is 10. The van der Waals surface area contributed by atoms with E-state index in [0.717, 1.165) is 37.5 Å². The average Bonchev–Trinajstić information content (AvgIpc) is 3.05. The predicted molar refractivity (Wildman–Crippen MR) is 177 cm³/mol. The molecule has 0 aromatic rings. The van der Waals surface area contributed by atoms with E-state index in [4.69, 9.17) is 14.2 Å². The van der Waals surface area contributed by atoms with Crippen LogP contribution in [0.5, 0.6) is 0 Å². The first-order valence-electron chi connectivity index (χ1n) is 14.3. The minimum Gasteiger partial charge on any atom is -0.461 e. The highest BCUT2D eigenvalue weighted by atomic mass is 16.6. The molecule has 0 spiro atoms. The molecule has 0 aromatic carbocycles. The third-order valence-corrected chi connectivity index (χ3v) is 10.2. The fourth-order valence-corrected chi connectivity index (χ4v) is 7.84. The minimum atomic E-state index is -1.20. The Morgan fingerprint density at radius 3 is 1.67 bits per heavy atom. The highest BCUT2D eigenvalue weighted by Gasteiger charge is 2.56. The molecule has 1 aliphatic heterocycles. The lowest BCUT2D eigenvalue weighted by atomic mass is 9.55. The van der Waals surface area contributed by atoms with Gasteiger partial charge in [0.05, 0.1) is 22.7 Å². The van der Waals surface area contributed by atoms with Gasteiger partial charge in [-0.15, -0.1) is 0 Å². The Labute approximate surface area is 266 Å². The van der Waals surface area contributed by atoms with Gasteiger partial charge in [0.2, 0.25) is 0 Å². The van der Waals surface area contributed by atoms with Crippen LogP contribution in [0.4, 0.5) is 0 Å². The van der Waals surface area contributed by atoms with E-state index < -0.39 is 39.8 Å². The van der Waals surface area contributed by atoms with Gasteiger partial charge < -0.3 is 14.2 Å². The summed E-state index contributed by atoms with van der Waals surface area (Å²) < 4.78 is 17.1. The minimum absolute atomic E-state index is 0. The van der Waals surface area contributed by atoms with Crippen LogP contribution in [-0.4, -0.2) is 35.6 Å². The van der Waals surface area contributed by atoms with E-state index in [2.05, 4.69) is 0 Å². The van der Waals surface area contributed by atoms with E-state index in [0.29, 0.717) is 24.7 Å². The van der Waals surface area contributed by atoms with Gasteiger partial charge >= 0.3 is 23.9 Å². The van der Waals surface area contributed by atoms with Gasteiger partial charge in [0.15, 0.2) is 0 Å². The number of esters is 4. The summed E-state index contributed by atoms with van der Waals surface area (Å²) in [6, 6.07) is 0. The molecule has 1 heterocycles. The average molecular weight is 615 g/mol. The first-order chi connectivity index (χ1) is 17.1. The van der Waals surface area contributed by atoms with Gasteiger partial charge in [0.1, 0.15) is 11.7 Å². The Balaban J connectivity index is -0.00000267. The number of hydrogen-bond acceptors (Lipinski definition) is 7. The monoisotopic (exact) mass is 615 g/mol. The molecule has 5 fully saturated rings. The zero-order valence-corrected chi connectivity index (χ0v) is 23.8. The van der Waals surface area contributed by atoms with E-state index in [1.54, 1.807) is 13.8 Å². The number of ether oxygens (including phenoxy) is 3. The summed E-state index contributed by atoms with van der Waals surface area (Å²) in [7, 11) is 0. The Kier molecular flexibility index (Phi) is 16.8. The second kappa shape index (κ2) is 15.9. The molecular formula is C36H70O7. The first-order valence-corrected chi connectivity index (χ1v) is 14.3. The molecule has 7 heteroatoms. The van der Waals surface area contributed by atoms with Gasteiger partial charge in [-0.3, -0.25) is 19.2 Å². The predicted octanol–water partition coefficient (Wildman–Crippen LogP) is 9.59. The third kappa shape index (κ3) is 9.06. The molecule has 0 aromatic heterocycles. The van der Waals surface area contributed by atoms with Crippen molar-refractivity contribution in [2.24, 2.45) is 39.9 Å². The van der Waals surface area contributed by atoms with E-state index in [9.17, 15) is 19.2 Å². The second-order valence-electron chi connectivity index (χ2n) is 14.1. The smallest absolute Gasteiger partial charge is 0.320 e. The SMILES string of the molecule is C.C.C.C.C.C.CCC(C)(C)OC(=O)C(C)(CC1(C)CC(=O)OC1=O)CC(C)(CC)C(=O)OC1C2CC3CC(C2)CC1C3. The molecule has 5 rings (SSSR count). The normalized spacial score (nSPS) is 31.0. The lowest BCUT2D eigenvalue weighted by Gasteiger charge is -2.54. The van der Waals surface area contributed by atoms with Crippen LogP contribution in [0.1, 0.15) is 157 Å². The number of hydrogen-bond donors (Lipinski definition) is 0. The van der Waals surface area contributed by atoms with Crippen LogP contribution in [0.25, 0.3) is 0 Å². The Morgan fingerprint density at radius 1 is 0.791 bits per heavy atom. The summed E-state index contributed by atoms with van der Waals surface area (Å²) in [5.41, 5.74) is -3.99. The van der Waals surface area contributed by atoms with Crippen LogP contribution in [0.2, 0.25) is 0 Å². The highest BCUT2D eigenvalue weighted by Crippen LogP contribution is 2.55. The summed E-state index contributed by atoms with van der Waals surface area (Å²) in [6.07, 6.45) is 7.14. The zero-order chi connectivity index (χ0) is 27.4. The van der Waals surface area contributed by atoms with E-state index in [-0.39, 0.29) is 75.9 Å². The molecule has 5 aliphatic rings. The van der Waals surface area contributed by atoms with E-state index in [1.165, 1.54) is 6.42 Å². The van der Waals surface area contributed by atoms with Gasteiger partial charge in [0, 0.05) is 0 Å². The van der Waals surface area contributed by atoms with Crippen LogP contribution < -0.4 is 0 Å². The molecule has 0 amide bonds. The van der Waals surface area contributed by atoms with Crippen LogP contribution in [0.15, 0.2) is 0 Å². The lowest BCUT2D eigenvalue weighted by Crippen LogP contribution is -2.52. The molecule has 4 saturated carbocycles.